The second-order valence-electron chi connectivity index (χ2n) is 11.2. The Balaban J connectivity index is 1.16. The van der Waals surface area contributed by atoms with Crippen molar-refractivity contribution >= 4 is 39.2 Å². The number of fused-ring (bicyclic) bond motifs is 3. The van der Waals surface area contributed by atoms with E-state index in [1.165, 1.54) is 22.2 Å². The summed E-state index contributed by atoms with van der Waals surface area (Å²) in [4.78, 5) is 13.1. The van der Waals surface area contributed by atoms with Gasteiger partial charge >= 0.3 is 0 Å². The lowest BCUT2D eigenvalue weighted by atomic mass is 9.98. The largest absolute Gasteiger partial charge is 0.489 e. The molecule has 1 aliphatic heterocycles. The second kappa shape index (κ2) is 11.2. The number of benzene rings is 4. The van der Waals surface area contributed by atoms with Crippen molar-refractivity contribution < 1.29 is 4.74 Å². The van der Waals surface area contributed by atoms with Gasteiger partial charge in [0, 0.05) is 59.4 Å². The van der Waals surface area contributed by atoms with Crippen LogP contribution < -0.4 is 9.64 Å². The molecule has 0 atom stereocenters. The van der Waals surface area contributed by atoms with Crippen molar-refractivity contribution in [2.75, 3.05) is 38.1 Å². The zero-order valence-corrected chi connectivity index (χ0v) is 24.7. The first-order valence-corrected chi connectivity index (χ1v) is 14.8. The molecule has 210 valence electrons. The fourth-order valence-electron chi connectivity index (χ4n) is 5.82. The van der Waals surface area contributed by atoms with Gasteiger partial charge in [0.25, 0.3) is 0 Å². The van der Waals surface area contributed by atoms with Gasteiger partial charge in [0.15, 0.2) is 0 Å². The lowest BCUT2D eigenvalue weighted by molar-refractivity contribution is 0.306. The molecule has 42 heavy (non-hydrogen) atoms. The van der Waals surface area contributed by atoms with Gasteiger partial charge in [0.05, 0.1) is 0 Å². The minimum atomic E-state index is 0.497. The monoisotopic (exact) mass is 572 g/mol. The number of hydrogen-bond acceptors (Lipinski definition) is 4. The van der Waals surface area contributed by atoms with Gasteiger partial charge in [-0.25, -0.2) is 4.98 Å². The van der Waals surface area contributed by atoms with E-state index in [-0.39, 0.29) is 0 Å². The Bertz CT molecular complexity index is 1870. The number of aryl methyl sites for hydroxylation is 1. The summed E-state index contributed by atoms with van der Waals surface area (Å²) >= 11 is 6.15. The molecule has 1 saturated heterocycles. The summed E-state index contributed by atoms with van der Waals surface area (Å²) in [5.74, 6) is 0.820. The van der Waals surface area contributed by atoms with E-state index in [0.717, 1.165) is 75.8 Å². The lowest BCUT2D eigenvalue weighted by Gasteiger charge is -2.34. The maximum Gasteiger partial charge on any atom is 0.138 e. The number of aromatic nitrogens is 2. The molecule has 0 bridgehead atoms. The van der Waals surface area contributed by atoms with Gasteiger partial charge in [-0.05, 0) is 95.9 Å². The molecule has 6 aromatic rings. The predicted octanol–water partition coefficient (Wildman–Crippen LogP) is 8.34. The molecule has 4 aromatic carbocycles. The molecule has 3 heterocycles. The lowest BCUT2D eigenvalue weighted by Crippen LogP contribution is -2.44. The third kappa shape index (κ3) is 5.22. The number of piperazine rings is 1. The topological polar surface area (TPSA) is 44.4 Å². The molecular formula is C36H33ClN4O. The maximum atomic E-state index is 6.15. The summed E-state index contributed by atoms with van der Waals surface area (Å²) < 4.78 is 6.01. The number of anilines is 1. The normalized spacial score (nSPS) is 14.1. The SMILES string of the molecule is Cc1cc(OCc2ccc(-c3ccnc4[nH]c5ccc(-c6ccc(N7CCN(C)CC7)cc6)cc5c34)cc2)ccc1Cl. The van der Waals surface area contributed by atoms with Crippen molar-refractivity contribution in [1.82, 2.24) is 14.9 Å². The molecule has 1 N–H and O–H groups in total. The van der Waals surface area contributed by atoms with Crippen LogP contribution in [0.3, 0.4) is 0 Å². The Kier molecular flexibility index (Phi) is 7.06. The molecule has 2 aromatic heterocycles. The molecule has 1 aliphatic rings. The van der Waals surface area contributed by atoms with Gasteiger partial charge in [0.1, 0.15) is 18.0 Å². The third-order valence-corrected chi connectivity index (χ3v) is 8.79. The number of aromatic amines is 1. The van der Waals surface area contributed by atoms with Crippen LogP contribution in [0.1, 0.15) is 11.1 Å². The first-order valence-electron chi connectivity index (χ1n) is 14.4. The zero-order valence-electron chi connectivity index (χ0n) is 23.9. The van der Waals surface area contributed by atoms with Crippen LogP contribution in [0.2, 0.25) is 5.02 Å². The zero-order chi connectivity index (χ0) is 28.6. The molecule has 0 spiro atoms. The molecule has 5 nitrogen and oxygen atoms in total. The van der Waals surface area contributed by atoms with E-state index in [4.69, 9.17) is 16.3 Å². The summed E-state index contributed by atoms with van der Waals surface area (Å²) in [7, 11) is 2.19. The van der Waals surface area contributed by atoms with Gasteiger partial charge in [-0.1, -0.05) is 54.1 Å². The van der Waals surface area contributed by atoms with Crippen LogP contribution in [0.4, 0.5) is 5.69 Å². The molecule has 7 rings (SSSR count). The fraction of sp³-hybridized carbons (Fsp3) is 0.194. The number of nitrogens with one attached hydrogen (secondary N) is 1. The molecule has 0 saturated carbocycles. The number of halogens is 1. The average Bonchev–Trinajstić information content (AvgIpc) is 3.41. The first-order chi connectivity index (χ1) is 20.5. The Morgan fingerprint density at radius 2 is 1.55 bits per heavy atom. The smallest absolute Gasteiger partial charge is 0.138 e. The summed E-state index contributed by atoms with van der Waals surface area (Å²) in [5, 5.41) is 3.07. The van der Waals surface area contributed by atoms with Crippen LogP contribution in [0.15, 0.2) is 97.2 Å². The van der Waals surface area contributed by atoms with Gasteiger partial charge in [0.2, 0.25) is 0 Å². The average molecular weight is 573 g/mol. The van der Waals surface area contributed by atoms with E-state index in [0.29, 0.717) is 6.61 Å². The minimum Gasteiger partial charge on any atom is -0.489 e. The number of ether oxygens (including phenoxy) is 1. The number of H-pyrrole nitrogens is 1. The summed E-state index contributed by atoms with van der Waals surface area (Å²) in [5.41, 5.74) is 10.1. The van der Waals surface area contributed by atoms with E-state index < -0.39 is 0 Å². The quantitative estimate of drug-likeness (QED) is 0.218. The highest BCUT2D eigenvalue weighted by Gasteiger charge is 2.15. The Morgan fingerprint density at radius 3 is 2.31 bits per heavy atom. The van der Waals surface area contributed by atoms with Gasteiger partial charge < -0.3 is 19.5 Å². The van der Waals surface area contributed by atoms with Crippen molar-refractivity contribution in [3.8, 4) is 28.0 Å². The van der Waals surface area contributed by atoms with Crippen molar-refractivity contribution in [1.29, 1.82) is 0 Å². The van der Waals surface area contributed by atoms with Crippen LogP contribution in [-0.2, 0) is 6.61 Å². The summed E-state index contributed by atoms with van der Waals surface area (Å²) in [6.45, 7) is 6.84. The van der Waals surface area contributed by atoms with Crippen molar-refractivity contribution in [2.45, 2.75) is 13.5 Å². The van der Waals surface area contributed by atoms with E-state index in [1.807, 2.05) is 31.3 Å². The summed E-state index contributed by atoms with van der Waals surface area (Å²) in [6.07, 6.45) is 1.88. The number of pyridine rings is 1. The number of rotatable bonds is 6. The van der Waals surface area contributed by atoms with Gasteiger partial charge in [-0.15, -0.1) is 0 Å². The third-order valence-electron chi connectivity index (χ3n) is 8.36. The molecule has 1 fully saturated rings. The van der Waals surface area contributed by atoms with Crippen molar-refractivity contribution in [2.24, 2.45) is 0 Å². The van der Waals surface area contributed by atoms with Crippen LogP contribution >= 0.6 is 11.6 Å². The van der Waals surface area contributed by atoms with Gasteiger partial charge in [-0.3, -0.25) is 0 Å². The summed E-state index contributed by atoms with van der Waals surface area (Å²) in [6, 6.07) is 32.1. The highest BCUT2D eigenvalue weighted by molar-refractivity contribution is 6.31. The molecule has 0 amide bonds. The van der Waals surface area contributed by atoms with E-state index in [2.05, 4.69) is 99.6 Å². The number of likely N-dealkylation sites (N-methyl/N-ethyl adjacent to an activating group) is 1. The Labute approximate surface area is 251 Å². The van der Waals surface area contributed by atoms with Crippen molar-refractivity contribution in [3.05, 3.63) is 113 Å². The van der Waals surface area contributed by atoms with Crippen LogP contribution in [0.5, 0.6) is 5.75 Å². The highest BCUT2D eigenvalue weighted by atomic mass is 35.5. The molecule has 0 radical (unpaired) electrons. The molecule has 6 heteroatoms. The molecule has 0 aliphatic carbocycles. The van der Waals surface area contributed by atoms with E-state index >= 15 is 0 Å². The Morgan fingerprint density at radius 1 is 0.810 bits per heavy atom. The maximum absolute atomic E-state index is 6.15. The Hall–Kier alpha value is -4.32. The van der Waals surface area contributed by atoms with Gasteiger partial charge in [-0.2, -0.15) is 0 Å². The predicted molar refractivity (Wildman–Crippen MR) is 175 cm³/mol. The van der Waals surface area contributed by atoms with E-state index in [9.17, 15) is 0 Å². The van der Waals surface area contributed by atoms with Crippen LogP contribution in [-0.4, -0.2) is 48.1 Å². The van der Waals surface area contributed by atoms with Crippen LogP contribution in [0, 0.1) is 6.92 Å². The minimum absolute atomic E-state index is 0.497. The number of hydrogen-bond donors (Lipinski definition) is 1. The molecule has 0 unspecified atom stereocenters. The van der Waals surface area contributed by atoms with E-state index in [1.54, 1.807) is 0 Å². The fourth-order valence-corrected chi connectivity index (χ4v) is 5.94. The second-order valence-corrected chi connectivity index (χ2v) is 11.6. The highest BCUT2D eigenvalue weighted by Crippen LogP contribution is 2.36. The first kappa shape index (κ1) is 26.6. The standard InChI is InChI=1S/C36H33ClN4O/c1-24-21-30(12-13-33(24)37)42-23-25-3-5-27(6-4-25)31-15-16-38-36-35(31)32-22-28(9-14-34(32)39-36)26-7-10-29(11-8-26)41-19-17-40(2)18-20-41/h3-16,21-22H,17-20,23H2,1-2H3,(H,38,39). The van der Waals surface area contributed by atoms with Crippen LogP contribution in [0.25, 0.3) is 44.2 Å². The molecular weight excluding hydrogens is 540 g/mol. The number of nitrogens with zero attached hydrogens (tertiary/aromatic N) is 3. The van der Waals surface area contributed by atoms with Crippen molar-refractivity contribution in [3.63, 3.8) is 0 Å².